The third kappa shape index (κ3) is 6.11. The maximum atomic E-state index is 12.2. The van der Waals surface area contributed by atoms with E-state index in [9.17, 15) is 18.0 Å². The van der Waals surface area contributed by atoms with E-state index in [2.05, 4.69) is 20.3 Å². The van der Waals surface area contributed by atoms with Crippen molar-refractivity contribution in [3.8, 4) is 5.75 Å². The van der Waals surface area contributed by atoms with Crippen LogP contribution in [0.25, 0.3) is 0 Å². The molecule has 1 amide bonds. The quantitative estimate of drug-likeness (QED) is 0.648. The number of carbonyl (C=O) groups is 1. The van der Waals surface area contributed by atoms with Gasteiger partial charge in [-0.1, -0.05) is 11.6 Å². The van der Waals surface area contributed by atoms with E-state index in [4.69, 9.17) is 25.5 Å². The van der Waals surface area contributed by atoms with Gasteiger partial charge in [-0.3, -0.25) is 9.53 Å². The lowest BCUT2D eigenvalue weighted by molar-refractivity contribution is -0.352. The Morgan fingerprint density at radius 1 is 1.16 bits per heavy atom. The predicted molar refractivity (Wildman–Crippen MR) is 104 cm³/mol. The van der Waals surface area contributed by atoms with Gasteiger partial charge in [0.25, 0.3) is 5.91 Å². The first-order valence-corrected chi connectivity index (χ1v) is 10.5. The molecule has 0 radical (unpaired) electrons. The molecule has 2 aliphatic rings. The highest BCUT2D eigenvalue weighted by atomic mass is 35.5. The summed E-state index contributed by atoms with van der Waals surface area (Å²) in [5.41, 5.74) is 0. The summed E-state index contributed by atoms with van der Waals surface area (Å²) in [5, 5.41) is 11.3. The zero-order chi connectivity index (χ0) is 22.7. The van der Waals surface area contributed by atoms with Crippen molar-refractivity contribution >= 4 is 17.5 Å². The molecule has 0 spiro atoms. The number of ether oxygens (including phenoxy) is 3. The van der Waals surface area contributed by atoms with Crippen molar-refractivity contribution in [3.63, 3.8) is 0 Å². The van der Waals surface area contributed by atoms with E-state index in [1.165, 1.54) is 0 Å². The molecule has 0 bridgehead atoms. The standard InChI is InChI=1S/C20H21ClF3N3O5/c21-12-1-4-14(5-2-12)29-10-17(28)25-13-3-6-16(30-9-13)19-27-26-18(31-19)11-7-15(8-11)32-20(22,23)24/h1-2,4-5,11,13,15-16H,3,6-10H2,(H,25,28)/t11-,13-,15+,16+/m0/s1. The third-order valence-electron chi connectivity index (χ3n) is 5.30. The molecule has 174 valence electrons. The molecule has 1 aromatic heterocycles. The maximum absolute atomic E-state index is 12.2. The lowest BCUT2D eigenvalue weighted by Crippen LogP contribution is -2.43. The molecule has 32 heavy (non-hydrogen) atoms. The largest absolute Gasteiger partial charge is 0.522 e. The van der Waals surface area contributed by atoms with Crippen molar-refractivity contribution in [2.75, 3.05) is 13.2 Å². The fourth-order valence-electron chi connectivity index (χ4n) is 3.60. The summed E-state index contributed by atoms with van der Waals surface area (Å²) < 4.78 is 57.4. The summed E-state index contributed by atoms with van der Waals surface area (Å²) in [4.78, 5) is 12.1. The van der Waals surface area contributed by atoms with Crippen molar-refractivity contribution < 1.29 is 36.6 Å². The molecular formula is C20H21ClF3N3O5. The Balaban J connectivity index is 1.17. The average molecular weight is 476 g/mol. The van der Waals surface area contributed by atoms with Gasteiger partial charge < -0.3 is 19.2 Å². The molecule has 8 nitrogen and oxygen atoms in total. The van der Waals surface area contributed by atoms with Crippen LogP contribution in [0.15, 0.2) is 28.7 Å². The Hall–Kier alpha value is -2.37. The first-order chi connectivity index (χ1) is 15.2. The van der Waals surface area contributed by atoms with Crippen LogP contribution in [0.4, 0.5) is 13.2 Å². The first kappa shape index (κ1) is 22.8. The van der Waals surface area contributed by atoms with Crippen molar-refractivity contribution in [2.45, 2.75) is 56.2 Å². The smallest absolute Gasteiger partial charge is 0.484 e. The molecule has 0 unspecified atom stereocenters. The number of nitrogens with one attached hydrogen (secondary N) is 1. The van der Waals surface area contributed by atoms with Crippen molar-refractivity contribution in [1.82, 2.24) is 15.5 Å². The summed E-state index contributed by atoms with van der Waals surface area (Å²) in [7, 11) is 0. The summed E-state index contributed by atoms with van der Waals surface area (Å²) in [6.07, 6.45) is -4.39. The Kier molecular flexibility index (Phi) is 6.87. The van der Waals surface area contributed by atoms with Crippen LogP contribution in [0.3, 0.4) is 0 Å². The highest BCUT2D eigenvalue weighted by Crippen LogP contribution is 2.41. The molecule has 1 saturated heterocycles. The SMILES string of the molecule is O=C(COc1ccc(Cl)cc1)N[C@H]1CC[C@H](c2nnc([C@H]3C[C@@H](OC(F)(F)F)C3)o2)OC1. The summed E-state index contributed by atoms with van der Waals surface area (Å²) in [6.45, 7) is 0.134. The number of hydrogen-bond acceptors (Lipinski definition) is 7. The van der Waals surface area contributed by atoms with Crippen molar-refractivity contribution in [2.24, 2.45) is 0 Å². The molecule has 1 aliphatic heterocycles. The lowest BCUT2D eigenvalue weighted by Gasteiger charge is -2.33. The van der Waals surface area contributed by atoms with Gasteiger partial charge in [0.1, 0.15) is 11.9 Å². The van der Waals surface area contributed by atoms with Crippen LogP contribution in [0, 0.1) is 0 Å². The van der Waals surface area contributed by atoms with Crippen LogP contribution in [-0.4, -0.2) is 47.8 Å². The van der Waals surface area contributed by atoms with Gasteiger partial charge in [-0.15, -0.1) is 23.4 Å². The molecule has 1 aliphatic carbocycles. The van der Waals surface area contributed by atoms with Crippen LogP contribution in [0.5, 0.6) is 5.75 Å². The second kappa shape index (κ2) is 9.63. The Bertz CT molecular complexity index is 910. The number of hydrogen-bond donors (Lipinski definition) is 1. The van der Waals surface area contributed by atoms with Gasteiger partial charge in [0.15, 0.2) is 6.61 Å². The van der Waals surface area contributed by atoms with Gasteiger partial charge in [-0.2, -0.15) is 0 Å². The molecule has 2 aromatic rings. The second-order valence-corrected chi connectivity index (χ2v) is 8.18. The fourth-order valence-corrected chi connectivity index (χ4v) is 3.73. The molecule has 12 heteroatoms. The summed E-state index contributed by atoms with van der Waals surface area (Å²) in [6, 6.07) is 6.52. The van der Waals surface area contributed by atoms with Crippen LogP contribution >= 0.6 is 11.6 Å². The van der Waals surface area contributed by atoms with Gasteiger partial charge >= 0.3 is 6.36 Å². The minimum absolute atomic E-state index is 0.130. The Labute approximate surface area is 186 Å². The highest BCUT2D eigenvalue weighted by Gasteiger charge is 2.42. The molecule has 2 fully saturated rings. The van der Waals surface area contributed by atoms with Gasteiger partial charge in [-0.25, -0.2) is 0 Å². The molecule has 1 saturated carbocycles. The van der Waals surface area contributed by atoms with E-state index in [1.54, 1.807) is 24.3 Å². The summed E-state index contributed by atoms with van der Waals surface area (Å²) in [5.74, 6) is 0.600. The van der Waals surface area contributed by atoms with Crippen LogP contribution in [-0.2, 0) is 14.3 Å². The normalized spacial score (nSPS) is 25.8. The number of amides is 1. The molecular weight excluding hydrogens is 455 g/mol. The first-order valence-electron chi connectivity index (χ1n) is 10.1. The number of rotatable bonds is 7. The topological polar surface area (TPSA) is 95.7 Å². The molecule has 1 aromatic carbocycles. The Morgan fingerprint density at radius 3 is 2.53 bits per heavy atom. The fraction of sp³-hybridized carbons (Fsp3) is 0.550. The van der Waals surface area contributed by atoms with Crippen molar-refractivity contribution in [1.29, 1.82) is 0 Å². The lowest BCUT2D eigenvalue weighted by atomic mass is 9.82. The zero-order valence-electron chi connectivity index (χ0n) is 16.8. The number of nitrogens with zero attached hydrogens (tertiary/aromatic N) is 2. The van der Waals surface area contributed by atoms with Crippen molar-refractivity contribution in [3.05, 3.63) is 41.1 Å². The van der Waals surface area contributed by atoms with Gasteiger partial charge in [0, 0.05) is 10.9 Å². The monoisotopic (exact) mass is 475 g/mol. The maximum Gasteiger partial charge on any atom is 0.522 e. The predicted octanol–water partition coefficient (Wildman–Crippen LogP) is 3.92. The molecule has 1 N–H and O–H groups in total. The van der Waals surface area contributed by atoms with E-state index in [-0.39, 0.29) is 49.8 Å². The number of alkyl halides is 3. The van der Waals surface area contributed by atoms with E-state index >= 15 is 0 Å². The van der Waals surface area contributed by atoms with E-state index in [1.807, 2.05) is 0 Å². The second-order valence-electron chi connectivity index (χ2n) is 7.74. The molecule has 2 atom stereocenters. The van der Waals surface area contributed by atoms with E-state index in [0.29, 0.717) is 29.5 Å². The van der Waals surface area contributed by atoms with Crippen LogP contribution in [0.1, 0.15) is 49.5 Å². The summed E-state index contributed by atoms with van der Waals surface area (Å²) >= 11 is 5.81. The van der Waals surface area contributed by atoms with Crippen LogP contribution in [0.2, 0.25) is 5.02 Å². The van der Waals surface area contributed by atoms with Crippen LogP contribution < -0.4 is 10.1 Å². The van der Waals surface area contributed by atoms with Gasteiger partial charge in [0.2, 0.25) is 11.8 Å². The Morgan fingerprint density at radius 2 is 1.88 bits per heavy atom. The average Bonchev–Trinajstić information content (AvgIpc) is 3.19. The molecule has 4 rings (SSSR count). The zero-order valence-corrected chi connectivity index (χ0v) is 17.6. The molecule has 2 heterocycles. The number of carbonyl (C=O) groups excluding carboxylic acids is 1. The number of benzene rings is 1. The van der Waals surface area contributed by atoms with Gasteiger partial charge in [-0.05, 0) is 49.9 Å². The number of halogens is 4. The minimum Gasteiger partial charge on any atom is -0.484 e. The van der Waals surface area contributed by atoms with E-state index in [0.717, 1.165) is 0 Å². The highest BCUT2D eigenvalue weighted by molar-refractivity contribution is 6.30. The number of aromatic nitrogens is 2. The van der Waals surface area contributed by atoms with E-state index < -0.39 is 18.6 Å². The van der Waals surface area contributed by atoms with Gasteiger partial charge in [0.05, 0.1) is 18.8 Å². The minimum atomic E-state index is -4.64. The third-order valence-corrected chi connectivity index (χ3v) is 5.55.